The molecule has 0 aliphatic heterocycles. The van der Waals surface area contributed by atoms with E-state index in [-0.39, 0.29) is 17.6 Å². The van der Waals surface area contributed by atoms with Gasteiger partial charge in [-0.3, -0.25) is 9.59 Å². The van der Waals surface area contributed by atoms with E-state index in [1.165, 1.54) is 11.8 Å². The Hall–Kier alpha value is -1.40. The van der Waals surface area contributed by atoms with Crippen molar-refractivity contribution in [1.29, 1.82) is 0 Å². The number of hydrogen-bond acceptors (Lipinski definition) is 3. The number of benzene rings is 2. The third-order valence-electron chi connectivity index (χ3n) is 4.49. The summed E-state index contributed by atoms with van der Waals surface area (Å²) in [6.45, 7) is 4.59. The Bertz CT molecular complexity index is 859. The van der Waals surface area contributed by atoms with Gasteiger partial charge in [-0.1, -0.05) is 59.9 Å². The third-order valence-corrected chi connectivity index (χ3v) is 6.38. The number of carbonyl (C=O) groups is 2. The summed E-state index contributed by atoms with van der Waals surface area (Å²) in [6.07, 6.45) is 0.829. The first-order chi connectivity index (χ1) is 14.3. The maximum absolute atomic E-state index is 13.0. The van der Waals surface area contributed by atoms with Gasteiger partial charge in [0, 0.05) is 33.9 Å². The molecule has 2 rings (SSSR count). The van der Waals surface area contributed by atoms with Crippen molar-refractivity contribution in [2.75, 3.05) is 12.3 Å². The van der Waals surface area contributed by atoms with Crippen molar-refractivity contribution in [2.45, 2.75) is 38.6 Å². The molecule has 0 unspecified atom stereocenters. The summed E-state index contributed by atoms with van der Waals surface area (Å²) in [5.41, 5.74) is 1.67. The van der Waals surface area contributed by atoms with Gasteiger partial charge >= 0.3 is 0 Å². The number of hydrogen-bond donors (Lipinski definition) is 1. The number of rotatable bonds is 10. The smallest absolute Gasteiger partial charge is 0.242 e. The van der Waals surface area contributed by atoms with E-state index in [4.69, 9.17) is 34.8 Å². The molecule has 0 bridgehead atoms. The van der Waals surface area contributed by atoms with Crippen LogP contribution in [0.5, 0.6) is 0 Å². The largest absolute Gasteiger partial charge is 0.354 e. The van der Waals surface area contributed by atoms with Crippen LogP contribution in [-0.4, -0.2) is 35.1 Å². The number of amides is 2. The highest BCUT2D eigenvalue weighted by Gasteiger charge is 2.26. The van der Waals surface area contributed by atoms with E-state index < -0.39 is 6.04 Å². The topological polar surface area (TPSA) is 49.4 Å². The number of nitrogens with one attached hydrogen (secondary N) is 1. The second-order valence-corrected chi connectivity index (χ2v) is 9.05. The van der Waals surface area contributed by atoms with Gasteiger partial charge in [-0.25, -0.2) is 0 Å². The van der Waals surface area contributed by atoms with Crippen molar-refractivity contribution < 1.29 is 9.59 Å². The minimum absolute atomic E-state index is 0.137. The van der Waals surface area contributed by atoms with Gasteiger partial charge in [0.25, 0.3) is 0 Å². The summed E-state index contributed by atoms with van der Waals surface area (Å²) in [6, 6.07) is 12.0. The van der Waals surface area contributed by atoms with Crippen LogP contribution in [-0.2, 0) is 21.9 Å². The first kappa shape index (κ1) is 24.9. The highest BCUT2D eigenvalue weighted by atomic mass is 35.5. The van der Waals surface area contributed by atoms with Crippen LogP contribution >= 0.6 is 46.6 Å². The molecule has 162 valence electrons. The van der Waals surface area contributed by atoms with E-state index in [9.17, 15) is 9.59 Å². The zero-order valence-corrected chi connectivity index (χ0v) is 20.0. The first-order valence-corrected chi connectivity index (χ1v) is 11.9. The van der Waals surface area contributed by atoms with Gasteiger partial charge in [0.2, 0.25) is 11.8 Å². The molecule has 0 aromatic heterocycles. The molecule has 0 aliphatic rings. The number of halogens is 3. The Morgan fingerprint density at radius 1 is 1.10 bits per heavy atom. The lowest BCUT2D eigenvalue weighted by Crippen LogP contribution is -2.48. The first-order valence-electron chi connectivity index (χ1n) is 9.65. The molecule has 0 spiro atoms. The van der Waals surface area contributed by atoms with Crippen LogP contribution in [0.1, 0.15) is 31.4 Å². The van der Waals surface area contributed by atoms with Crippen LogP contribution in [0.15, 0.2) is 42.5 Å². The summed E-state index contributed by atoms with van der Waals surface area (Å²) < 4.78 is 0. The van der Waals surface area contributed by atoms with Crippen LogP contribution in [0.4, 0.5) is 0 Å². The SMILES string of the molecule is CCCNC(=O)[C@H](C)N(Cc1cccc(Cl)c1)C(=O)CSCc1c(Cl)cccc1Cl. The molecule has 0 aliphatic carbocycles. The zero-order valence-electron chi connectivity index (χ0n) is 17.0. The normalized spacial score (nSPS) is 11.8. The van der Waals surface area contributed by atoms with Crippen LogP contribution < -0.4 is 5.32 Å². The lowest BCUT2D eigenvalue weighted by Gasteiger charge is -2.29. The summed E-state index contributed by atoms with van der Waals surface area (Å²) in [5, 5.41) is 4.60. The molecular weight excluding hydrogens is 463 g/mol. The highest BCUT2D eigenvalue weighted by molar-refractivity contribution is 7.99. The fourth-order valence-corrected chi connectivity index (χ4v) is 4.66. The lowest BCUT2D eigenvalue weighted by atomic mass is 10.1. The van der Waals surface area contributed by atoms with E-state index >= 15 is 0 Å². The fraction of sp³-hybridized carbons (Fsp3) is 0.364. The van der Waals surface area contributed by atoms with E-state index in [2.05, 4.69) is 5.32 Å². The fourth-order valence-electron chi connectivity index (χ4n) is 2.80. The van der Waals surface area contributed by atoms with Gasteiger partial charge in [0.15, 0.2) is 0 Å². The van der Waals surface area contributed by atoms with Gasteiger partial charge < -0.3 is 10.2 Å². The Balaban J connectivity index is 2.09. The van der Waals surface area contributed by atoms with Gasteiger partial charge in [-0.05, 0) is 48.7 Å². The second-order valence-electron chi connectivity index (χ2n) is 6.81. The Kier molecular flexibility index (Phi) is 10.3. The molecule has 0 fully saturated rings. The van der Waals surface area contributed by atoms with Crippen molar-refractivity contribution in [2.24, 2.45) is 0 Å². The molecule has 30 heavy (non-hydrogen) atoms. The van der Waals surface area contributed by atoms with Crippen molar-refractivity contribution in [3.8, 4) is 0 Å². The molecule has 8 heteroatoms. The number of nitrogens with zero attached hydrogens (tertiary/aromatic N) is 1. The van der Waals surface area contributed by atoms with Crippen LogP contribution in [0.25, 0.3) is 0 Å². The third kappa shape index (κ3) is 7.38. The molecule has 4 nitrogen and oxygen atoms in total. The minimum Gasteiger partial charge on any atom is -0.354 e. The molecule has 0 heterocycles. The summed E-state index contributed by atoms with van der Waals surface area (Å²) in [7, 11) is 0. The molecule has 0 radical (unpaired) electrons. The maximum atomic E-state index is 13.0. The highest BCUT2D eigenvalue weighted by Crippen LogP contribution is 2.28. The Morgan fingerprint density at radius 2 is 1.77 bits per heavy atom. The van der Waals surface area contributed by atoms with Gasteiger partial charge in [0.1, 0.15) is 6.04 Å². The summed E-state index contributed by atoms with van der Waals surface area (Å²) >= 11 is 19.9. The van der Waals surface area contributed by atoms with Gasteiger partial charge in [-0.15, -0.1) is 11.8 Å². The molecular formula is C22H25Cl3N2O2S. The van der Waals surface area contributed by atoms with Crippen LogP contribution in [0, 0.1) is 0 Å². The monoisotopic (exact) mass is 486 g/mol. The molecule has 1 N–H and O–H groups in total. The maximum Gasteiger partial charge on any atom is 0.242 e. The van der Waals surface area contributed by atoms with Gasteiger partial charge in [-0.2, -0.15) is 0 Å². The quantitative estimate of drug-likeness (QED) is 0.459. The number of carbonyl (C=O) groups excluding carboxylic acids is 2. The van der Waals surface area contributed by atoms with E-state index in [0.29, 0.717) is 33.9 Å². The van der Waals surface area contributed by atoms with Crippen molar-refractivity contribution in [3.05, 3.63) is 68.7 Å². The summed E-state index contributed by atoms with van der Waals surface area (Å²) in [5.74, 6) is 0.396. The van der Waals surface area contributed by atoms with Gasteiger partial charge in [0.05, 0.1) is 5.75 Å². The van der Waals surface area contributed by atoms with Crippen molar-refractivity contribution in [1.82, 2.24) is 10.2 Å². The zero-order chi connectivity index (χ0) is 22.1. The lowest BCUT2D eigenvalue weighted by molar-refractivity contribution is -0.138. The molecule has 0 saturated carbocycles. The molecule has 2 aromatic rings. The number of thioether (sulfide) groups is 1. The minimum atomic E-state index is -0.604. The van der Waals surface area contributed by atoms with E-state index in [1.54, 1.807) is 42.2 Å². The Labute approximate surface area is 197 Å². The molecule has 2 amide bonds. The summed E-state index contributed by atoms with van der Waals surface area (Å²) in [4.78, 5) is 27.1. The van der Waals surface area contributed by atoms with Crippen LogP contribution in [0.2, 0.25) is 15.1 Å². The predicted molar refractivity (Wildman–Crippen MR) is 127 cm³/mol. The molecule has 1 atom stereocenters. The molecule has 0 saturated heterocycles. The molecule has 2 aromatic carbocycles. The van der Waals surface area contributed by atoms with Crippen molar-refractivity contribution in [3.63, 3.8) is 0 Å². The van der Waals surface area contributed by atoms with Crippen LogP contribution in [0.3, 0.4) is 0 Å². The average Bonchev–Trinajstić information content (AvgIpc) is 2.71. The van der Waals surface area contributed by atoms with Crippen molar-refractivity contribution >= 4 is 58.4 Å². The Morgan fingerprint density at radius 3 is 2.40 bits per heavy atom. The standard InChI is InChI=1S/C22H25Cl3N2O2S/c1-3-10-26-22(29)15(2)27(12-16-6-4-7-17(23)11-16)21(28)14-30-13-18-19(24)8-5-9-20(18)25/h4-9,11,15H,3,10,12-14H2,1-2H3,(H,26,29)/t15-/m0/s1. The van der Waals surface area contributed by atoms with E-state index in [0.717, 1.165) is 17.5 Å². The second kappa shape index (κ2) is 12.5. The average molecular weight is 488 g/mol. The predicted octanol–water partition coefficient (Wildman–Crippen LogP) is 5.82. The van der Waals surface area contributed by atoms with E-state index in [1.807, 2.05) is 19.1 Å².